The number of aliphatic hydroxyl groups excluding tert-OH is 1. The number of hydrogen-bond donors (Lipinski definition) is 2. The van der Waals surface area contributed by atoms with Gasteiger partial charge in [0.1, 0.15) is 0 Å². The van der Waals surface area contributed by atoms with E-state index in [-0.39, 0.29) is 6.04 Å². The standard InChI is InChI=1S/C12H20N2O/c1-9(13-2)12(15)10-5-7-11(8-6-10)14(3)4/h5-9,12-13,15H,1-4H3. The van der Waals surface area contributed by atoms with E-state index in [0.717, 1.165) is 11.3 Å². The maximum absolute atomic E-state index is 9.94. The van der Waals surface area contributed by atoms with Crippen molar-refractivity contribution in [3.8, 4) is 0 Å². The molecule has 0 aliphatic carbocycles. The maximum Gasteiger partial charge on any atom is 0.0940 e. The lowest BCUT2D eigenvalue weighted by atomic mass is 10.0. The summed E-state index contributed by atoms with van der Waals surface area (Å²) in [7, 11) is 5.85. The van der Waals surface area contributed by atoms with E-state index in [1.54, 1.807) is 0 Å². The smallest absolute Gasteiger partial charge is 0.0940 e. The average molecular weight is 208 g/mol. The van der Waals surface area contributed by atoms with Crippen LogP contribution in [-0.4, -0.2) is 32.3 Å². The zero-order valence-corrected chi connectivity index (χ0v) is 9.86. The molecule has 3 heteroatoms. The molecule has 0 aromatic heterocycles. The van der Waals surface area contributed by atoms with Gasteiger partial charge in [0.15, 0.2) is 0 Å². The van der Waals surface area contributed by atoms with Gasteiger partial charge < -0.3 is 15.3 Å². The first kappa shape index (κ1) is 12.0. The summed E-state index contributed by atoms with van der Waals surface area (Å²) in [6.45, 7) is 1.96. The predicted molar refractivity (Wildman–Crippen MR) is 64.3 cm³/mol. The minimum absolute atomic E-state index is 0.0650. The van der Waals surface area contributed by atoms with Crippen molar-refractivity contribution in [2.75, 3.05) is 26.0 Å². The highest BCUT2D eigenvalue weighted by atomic mass is 16.3. The largest absolute Gasteiger partial charge is 0.387 e. The van der Waals surface area contributed by atoms with Crippen molar-refractivity contribution in [1.29, 1.82) is 0 Å². The molecule has 1 aromatic carbocycles. The van der Waals surface area contributed by atoms with Crippen molar-refractivity contribution in [3.05, 3.63) is 29.8 Å². The molecule has 0 spiro atoms. The van der Waals surface area contributed by atoms with E-state index in [9.17, 15) is 5.11 Å². The van der Waals surface area contributed by atoms with Crippen molar-refractivity contribution < 1.29 is 5.11 Å². The van der Waals surface area contributed by atoms with Crippen LogP contribution < -0.4 is 10.2 Å². The first-order valence-corrected chi connectivity index (χ1v) is 5.19. The monoisotopic (exact) mass is 208 g/mol. The van der Waals surface area contributed by atoms with Crippen LogP contribution in [0.15, 0.2) is 24.3 Å². The highest BCUT2D eigenvalue weighted by Gasteiger charge is 2.13. The second-order valence-electron chi connectivity index (χ2n) is 4.01. The second kappa shape index (κ2) is 5.14. The maximum atomic E-state index is 9.94. The molecule has 2 N–H and O–H groups in total. The van der Waals surface area contributed by atoms with E-state index in [0.29, 0.717) is 0 Å². The fraction of sp³-hybridized carbons (Fsp3) is 0.500. The molecular formula is C12H20N2O. The van der Waals surface area contributed by atoms with E-state index in [2.05, 4.69) is 5.32 Å². The summed E-state index contributed by atoms with van der Waals surface area (Å²) >= 11 is 0. The topological polar surface area (TPSA) is 35.5 Å². The molecular weight excluding hydrogens is 188 g/mol. The molecule has 0 aliphatic rings. The molecule has 0 heterocycles. The number of aliphatic hydroxyl groups is 1. The summed E-state index contributed by atoms with van der Waals surface area (Å²) in [6, 6.07) is 8.03. The Morgan fingerprint density at radius 1 is 1.20 bits per heavy atom. The number of anilines is 1. The molecule has 0 fully saturated rings. The summed E-state index contributed by atoms with van der Waals surface area (Å²) in [4.78, 5) is 2.04. The number of hydrogen-bond acceptors (Lipinski definition) is 3. The molecule has 3 nitrogen and oxygen atoms in total. The van der Waals surface area contributed by atoms with Crippen LogP contribution in [0.4, 0.5) is 5.69 Å². The quantitative estimate of drug-likeness (QED) is 0.785. The molecule has 0 bridgehead atoms. The molecule has 0 saturated carbocycles. The molecule has 0 saturated heterocycles. The molecule has 2 unspecified atom stereocenters. The minimum atomic E-state index is -0.453. The van der Waals surface area contributed by atoms with Gasteiger partial charge >= 0.3 is 0 Å². The van der Waals surface area contributed by atoms with E-state index in [1.165, 1.54) is 0 Å². The van der Waals surface area contributed by atoms with Gasteiger partial charge in [-0.1, -0.05) is 12.1 Å². The third-order valence-corrected chi connectivity index (χ3v) is 2.68. The second-order valence-corrected chi connectivity index (χ2v) is 4.01. The Labute approximate surface area is 91.7 Å². The van der Waals surface area contributed by atoms with Crippen LogP contribution in [-0.2, 0) is 0 Å². The van der Waals surface area contributed by atoms with Crippen molar-refractivity contribution in [1.82, 2.24) is 5.32 Å². The van der Waals surface area contributed by atoms with E-state index in [1.807, 2.05) is 57.2 Å². The van der Waals surface area contributed by atoms with Crippen molar-refractivity contribution in [3.63, 3.8) is 0 Å². The van der Waals surface area contributed by atoms with Gasteiger partial charge in [0, 0.05) is 25.8 Å². The normalized spacial score (nSPS) is 14.7. The van der Waals surface area contributed by atoms with Crippen LogP contribution in [0, 0.1) is 0 Å². The van der Waals surface area contributed by atoms with Crippen LogP contribution in [0.1, 0.15) is 18.6 Å². The fourth-order valence-electron chi connectivity index (χ4n) is 1.42. The molecule has 1 rings (SSSR count). The SMILES string of the molecule is CNC(C)C(O)c1ccc(N(C)C)cc1. The van der Waals surface area contributed by atoms with E-state index in [4.69, 9.17) is 0 Å². The Kier molecular flexibility index (Phi) is 4.12. The van der Waals surface area contributed by atoms with Gasteiger partial charge in [-0.25, -0.2) is 0 Å². The van der Waals surface area contributed by atoms with Crippen LogP contribution >= 0.6 is 0 Å². The van der Waals surface area contributed by atoms with Gasteiger partial charge in [-0.15, -0.1) is 0 Å². The van der Waals surface area contributed by atoms with Gasteiger partial charge in [-0.2, -0.15) is 0 Å². The van der Waals surface area contributed by atoms with Crippen molar-refractivity contribution in [2.45, 2.75) is 19.1 Å². The lowest BCUT2D eigenvalue weighted by molar-refractivity contribution is 0.140. The molecule has 0 radical (unpaired) electrons. The van der Waals surface area contributed by atoms with Crippen LogP contribution in [0.3, 0.4) is 0 Å². The Morgan fingerprint density at radius 2 is 1.73 bits per heavy atom. The molecule has 0 aliphatic heterocycles. The molecule has 2 atom stereocenters. The Hall–Kier alpha value is -1.06. The predicted octanol–water partition coefficient (Wildman–Crippen LogP) is 1.39. The number of benzene rings is 1. The van der Waals surface area contributed by atoms with Gasteiger partial charge in [0.2, 0.25) is 0 Å². The highest BCUT2D eigenvalue weighted by molar-refractivity contribution is 5.46. The zero-order chi connectivity index (χ0) is 11.4. The molecule has 0 amide bonds. The number of likely N-dealkylation sites (N-methyl/N-ethyl adjacent to an activating group) is 1. The van der Waals surface area contributed by atoms with Gasteiger partial charge in [0.25, 0.3) is 0 Å². The number of rotatable bonds is 4. The Morgan fingerprint density at radius 3 is 2.13 bits per heavy atom. The van der Waals surface area contributed by atoms with Crippen LogP contribution in [0.5, 0.6) is 0 Å². The zero-order valence-electron chi connectivity index (χ0n) is 9.86. The van der Waals surface area contributed by atoms with Gasteiger partial charge in [-0.3, -0.25) is 0 Å². The Balaban J connectivity index is 2.79. The number of nitrogens with one attached hydrogen (secondary N) is 1. The molecule has 1 aromatic rings. The van der Waals surface area contributed by atoms with Crippen molar-refractivity contribution in [2.24, 2.45) is 0 Å². The molecule has 15 heavy (non-hydrogen) atoms. The van der Waals surface area contributed by atoms with E-state index >= 15 is 0 Å². The number of nitrogens with zero attached hydrogens (tertiary/aromatic N) is 1. The van der Waals surface area contributed by atoms with Gasteiger partial charge in [-0.05, 0) is 31.7 Å². The van der Waals surface area contributed by atoms with Gasteiger partial charge in [0.05, 0.1) is 6.10 Å². The van der Waals surface area contributed by atoms with Crippen molar-refractivity contribution >= 4 is 5.69 Å². The average Bonchev–Trinajstić information content (AvgIpc) is 2.27. The highest BCUT2D eigenvalue weighted by Crippen LogP contribution is 2.19. The summed E-state index contributed by atoms with van der Waals surface area (Å²) < 4.78 is 0. The minimum Gasteiger partial charge on any atom is -0.387 e. The lowest BCUT2D eigenvalue weighted by Crippen LogP contribution is -2.28. The first-order valence-electron chi connectivity index (χ1n) is 5.19. The fourth-order valence-corrected chi connectivity index (χ4v) is 1.42. The summed E-state index contributed by atoms with van der Waals surface area (Å²) in [6.07, 6.45) is -0.453. The van der Waals surface area contributed by atoms with Crippen LogP contribution in [0.25, 0.3) is 0 Å². The van der Waals surface area contributed by atoms with Crippen LogP contribution in [0.2, 0.25) is 0 Å². The van der Waals surface area contributed by atoms with E-state index < -0.39 is 6.10 Å². The third-order valence-electron chi connectivity index (χ3n) is 2.68. The first-order chi connectivity index (χ1) is 7.06. The summed E-state index contributed by atoms with van der Waals surface area (Å²) in [5.41, 5.74) is 2.09. The molecule has 84 valence electrons. The summed E-state index contributed by atoms with van der Waals surface area (Å²) in [5, 5.41) is 13.0. The lowest BCUT2D eigenvalue weighted by Gasteiger charge is -2.19. The Bertz CT molecular complexity index is 295. The third kappa shape index (κ3) is 2.94. The summed E-state index contributed by atoms with van der Waals surface area (Å²) in [5.74, 6) is 0.